The number of anilines is 1. The van der Waals surface area contributed by atoms with Gasteiger partial charge in [-0.25, -0.2) is 4.39 Å². The Labute approximate surface area is 188 Å². The van der Waals surface area contributed by atoms with Crippen LogP contribution in [0.3, 0.4) is 0 Å². The number of benzene rings is 2. The second kappa shape index (κ2) is 9.16. The predicted octanol–water partition coefficient (Wildman–Crippen LogP) is 4.48. The van der Waals surface area contributed by atoms with Crippen molar-refractivity contribution in [2.75, 3.05) is 5.32 Å². The molecular formula is C25H17FN4O3. The van der Waals surface area contributed by atoms with E-state index in [0.29, 0.717) is 5.69 Å². The van der Waals surface area contributed by atoms with E-state index in [-0.39, 0.29) is 28.4 Å². The van der Waals surface area contributed by atoms with Crippen LogP contribution in [0.1, 0.15) is 11.1 Å². The largest absolute Gasteiger partial charge is 0.435 e. The van der Waals surface area contributed by atoms with E-state index in [4.69, 9.17) is 4.74 Å². The van der Waals surface area contributed by atoms with Gasteiger partial charge in [0.05, 0.1) is 0 Å². The molecule has 2 heterocycles. The van der Waals surface area contributed by atoms with Gasteiger partial charge in [-0.1, -0.05) is 30.3 Å². The lowest BCUT2D eigenvalue weighted by molar-refractivity contribution is -0.112. The lowest BCUT2D eigenvalue weighted by Gasteiger charge is -2.11. The molecule has 8 heteroatoms. The van der Waals surface area contributed by atoms with Gasteiger partial charge in [0.25, 0.3) is 11.5 Å². The lowest BCUT2D eigenvalue weighted by atomic mass is 10.1. The van der Waals surface area contributed by atoms with Crippen LogP contribution in [0.5, 0.6) is 11.6 Å². The maximum Gasteiger partial charge on any atom is 0.269 e. The van der Waals surface area contributed by atoms with Gasteiger partial charge >= 0.3 is 0 Å². The fourth-order valence-corrected chi connectivity index (χ4v) is 3.13. The predicted molar refractivity (Wildman–Crippen MR) is 121 cm³/mol. The number of nitriles is 1. The summed E-state index contributed by atoms with van der Waals surface area (Å²) in [5, 5.41) is 12.2. The topological polar surface area (TPSA) is 96.5 Å². The number of hydrogen-bond donors (Lipinski definition) is 1. The zero-order chi connectivity index (χ0) is 23.4. The first-order valence-electron chi connectivity index (χ1n) is 9.90. The first kappa shape index (κ1) is 21.5. The minimum absolute atomic E-state index is 0.151. The molecule has 4 rings (SSSR count). The number of amides is 1. The number of para-hydroxylation sites is 1. The van der Waals surface area contributed by atoms with Crippen molar-refractivity contribution in [1.82, 2.24) is 9.38 Å². The van der Waals surface area contributed by atoms with E-state index in [2.05, 4.69) is 10.3 Å². The highest BCUT2D eigenvalue weighted by atomic mass is 19.1. The number of halogens is 1. The highest BCUT2D eigenvalue weighted by molar-refractivity contribution is 6.09. The average Bonchev–Trinajstić information content (AvgIpc) is 2.80. The molecule has 0 radical (unpaired) electrons. The molecule has 0 saturated heterocycles. The number of nitrogens with one attached hydrogen (secondary N) is 1. The van der Waals surface area contributed by atoms with Gasteiger partial charge in [-0.15, -0.1) is 0 Å². The Balaban J connectivity index is 1.82. The Morgan fingerprint density at radius 3 is 2.70 bits per heavy atom. The minimum Gasteiger partial charge on any atom is -0.435 e. The number of carbonyl (C=O) groups excluding carboxylic acids is 1. The van der Waals surface area contributed by atoms with Crippen LogP contribution in [-0.4, -0.2) is 15.3 Å². The van der Waals surface area contributed by atoms with Crippen molar-refractivity contribution in [1.29, 1.82) is 5.26 Å². The first-order valence-corrected chi connectivity index (χ1v) is 9.90. The van der Waals surface area contributed by atoms with Gasteiger partial charge in [0.2, 0.25) is 5.88 Å². The van der Waals surface area contributed by atoms with Crippen molar-refractivity contribution in [2.45, 2.75) is 6.92 Å². The van der Waals surface area contributed by atoms with Crippen LogP contribution in [0.25, 0.3) is 11.7 Å². The zero-order valence-corrected chi connectivity index (χ0v) is 17.4. The van der Waals surface area contributed by atoms with Crippen LogP contribution in [0.4, 0.5) is 10.1 Å². The van der Waals surface area contributed by atoms with E-state index in [9.17, 15) is 19.2 Å². The van der Waals surface area contributed by atoms with E-state index in [1.807, 2.05) is 13.0 Å². The summed E-state index contributed by atoms with van der Waals surface area (Å²) in [6.45, 7) is 1.87. The van der Waals surface area contributed by atoms with Gasteiger partial charge < -0.3 is 10.1 Å². The minimum atomic E-state index is -0.711. The van der Waals surface area contributed by atoms with E-state index >= 15 is 0 Å². The Morgan fingerprint density at radius 2 is 1.94 bits per heavy atom. The molecule has 0 unspecified atom stereocenters. The number of aryl methyl sites for hydroxylation is 1. The van der Waals surface area contributed by atoms with Gasteiger partial charge in [-0.2, -0.15) is 10.2 Å². The first-order chi connectivity index (χ1) is 16.0. The molecule has 33 heavy (non-hydrogen) atoms. The molecule has 0 spiro atoms. The third-order valence-electron chi connectivity index (χ3n) is 4.71. The van der Waals surface area contributed by atoms with Crippen molar-refractivity contribution >= 4 is 23.3 Å². The third-order valence-corrected chi connectivity index (χ3v) is 4.71. The third kappa shape index (κ3) is 4.62. The van der Waals surface area contributed by atoms with Crippen molar-refractivity contribution < 1.29 is 13.9 Å². The standard InChI is InChI=1S/C25H17FN4O3/c1-16-7-6-8-18(13-16)28-23(31)17(15-27)14-19-24(33-21-10-3-2-9-20(21)26)29-22-11-4-5-12-30(22)25(19)32/h2-14H,1H3,(H,28,31)/b17-14-. The molecule has 4 aromatic rings. The van der Waals surface area contributed by atoms with Crippen molar-refractivity contribution in [3.05, 3.63) is 106 Å². The van der Waals surface area contributed by atoms with Crippen LogP contribution in [0.2, 0.25) is 0 Å². The summed E-state index contributed by atoms with van der Waals surface area (Å²) in [6, 6.07) is 19.4. The fraction of sp³-hybridized carbons (Fsp3) is 0.0400. The van der Waals surface area contributed by atoms with Crippen LogP contribution >= 0.6 is 0 Å². The maximum absolute atomic E-state index is 14.2. The summed E-state index contributed by atoms with van der Waals surface area (Å²) in [7, 11) is 0. The van der Waals surface area contributed by atoms with E-state index in [1.54, 1.807) is 48.5 Å². The number of nitrogens with zero attached hydrogens (tertiary/aromatic N) is 3. The van der Waals surface area contributed by atoms with Gasteiger partial charge in [-0.3, -0.25) is 14.0 Å². The number of ether oxygens (including phenoxy) is 1. The van der Waals surface area contributed by atoms with Crippen LogP contribution in [0, 0.1) is 24.1 Å². The van der Waals surface area contributed by atoms with Gasteiger partial charge in [0.1, 0.15) is 22.9 Å². The summed E-state index contributed by atoms with van der Waals surface area (Å²) in [5.41, 5.74) is 0.587. The molecule has 1 N–H and O–H groups in total. The molecule has 0 aliphatic heterocycles. The second-order valence-corrected chi connectivity index (χ2v) is 7.09. The monoisotopic (exact) mass is 440 g/mol. The van der Waals surface area contributed by atoms with Gasteiger partial charge in [-0.05, 0) is 55.0 Å². The summed E-state index contributed by atoms with van der Waals surface area (Å²) < 4.78 is 21.0. The average molecular weight is 440 g/mol. The molecule has 162 valence electrons. The molecule has 1 amide bonds. The van der Waals surface area contributed by atoms with Crippen LogP contribution in [0.15, 0.2) is 83.3 Å². The molecule has 2 aromatic heterocycles. The lowest BCUT2D eigenvalue weighted by Crippen LogP contribution is -2.20. The molecule has 0 aliphatic rings. The number of rotatable bonds is 5. The Hall–Kier alpha value is -4.77. The smallest absolute Gasteiger partial charge is 0.269 e. The SMILES string of the molecule is Cc1cccc(NC(=O)/C(C#N)=C\c2c(Oc3ccccc3F)nc3ccccn3c2=O)c1. The molecule has 0 saturated carbocycles. The van der Waals surface area contributed by atoms with E-state index < -0.39 is 17.3 Å². The maximum atomic E-state index is 14.2. The summed E-state index contributed by atoms with van der Waals surface area (Å²) in [6.07, 6.45) is 2.59. The van der Waals surface area contributed by atoms with Crippen molar-refractivity contribution in [2.24, 2.45) is 0 Å². The number of fused-ring (bicyclic) bond motifs is 1. The molecule has 0 atom stereocenters. The van der Waals surface area contributed by atoms with E-state index in [1.165, 1.54) is 28.8 Å². The highest BCUT2D eigenvalue weighted by Gasteiger charge is 2.18. The Kier molecular flexibility index (Phi) is 5.96. The highest BCUT2D eigenvalue weighted by Crippen LogP contribution is 2.26. The van der Waals surface area contributed by atoms with Crippen molar-refractivity contribution in [3.63, 3.8) is 0 Å². The number of pyridine rings is 1. The summed E-state index contributed by atoms with van der Waals surface area (Å²) in [4.78, 5) is 30.2. The zero-order valence-electron chi connectivity index (χ0n) is 17.4. The Morgan fingerprint density at radius 1 is 1.15 bits per heavy atom. The Bertz CT molecular complexity index is 1500. The number of hydrogen-bond acceptors (Lipinski definition) is 5. The summed E-state index contributed by atoms with van der Waals surface area (Å²) in [5.74, 6) is -1.74. The number of aromatic nitrogens is 2. The van der Waals surface area contributed by atoms with Crippen molar-refractivity contribution in [3.8, 4) is 17.7 Å². The molecule has 0 bridgehead atoms. The van der Waals surface area contributed by atoms with Gasteiger partial charge in [0.15, 0.2) is 11.6 Å². The molecule has 0 aliphatic carbocycles. The van der Waals surface area contributed by atoms with Gasteiger partial charge in [0, 0.05) is 11.9 Å². The molecule has 0 fully saturated rings. The molecule has 7 nitrogen and oxygen atoms in total. The second-order valence-electron chi connectivity index (χ2n) is 7.09. The normalized spacial score (nSPS) is 11.1. The van der Waals surface area contributed by atoms with E-state index in [0.717, 1.165) is 11.6 Å². The number of carbonyl (C=O) groups is 1. The quantitative estimate of drug-likeness (QED) is 0.365. The summed E-state index contributed by atoms with van der Waals surface area (Å²) >= 11 is 0. The molecule has 2 aromatic carbocycles. The molecular weight excluding hydrogens is 423 g/mol. The fourth-order valence-electron chi connectivity index (χ4n) is 3.13. The van der Waals surface area contributed by atoms with Crippen LogP contribution in [-0.2, 0) is 4.79 Å². The van der Waals surface area contributed by atoms with Crippen LogP contribution < -0.4 is 15.6 Å².